The molecule has 2 aromatic heterocycles. The third-order valence-corrected chi connectivity index (χ3v) is 6.55. The molecule has 0 spiro atoms. The van der Waals surface area contributed by atoms with Crippen LogP contribution in [-0.2, 0) is 26.2 Å². The van der Waals surface area contributed by atoms with Gasteiger partial charge in [-0.15, -0.1) is 0 Å². The van der Waals surface area contributed by atoms with E-state index in [2.05, 4.69) is 36.0 Å². The minimum Gasteiger partial charge on any atom is -0.332 e. The van der Waals surface area contributed by atoms with Gasteiger partial charge in [-0.05, 0) is 68.7 Å². The zero-order valence-electron chi connectivity index (χ0n) is 21.0. The molecule has 40 heavy (non-hydrogen) atoms. The van der Waals surface area contributed by atoms with Gasteiger partial charge in [-0.2, -0.15) is 29.9 Å². The van der Waals surface area contributed by atoms with Crippen LogP contribution in [0.1, 0.15) is 22.3 Å². The van der Waals surface area contributed by atoms with Crippen LogP contribution in [0.15, 0.2) is 84.9 Å². The Morgan fingerprint density at radius 3 is 1.10 bits per heavy atom. The highest BCUT2D eigenvalue weighted by Crippen LogP contribution is 2.23. The van der Waals surface area contributed by atoms with Crippen molar-refractivity contribution < 1.29 is 0 Å². The van der Waals surface area contributed by atoms with E-state index in [0.29, 0.717) is 38.1 Å². The lowest BCUT2D eigenvalue weighted by atomic mass is 10.1. The van der Waals surface area contributed by atoms with Crippen molar-refractivity contribution in [3.05, 3.63) is 128 Å². The monoisotopic (exact) mass is 610 g/mol. The van der Waals surface area contributed by atoms with E-state index >= 15 is 0 Å². The van der Waals surface area contributed by atoms with Gasteiger partial charge in [0.2, 0.25) is 33.0 Å². The number of aromatic nitrogens is 6. The lowest BCUT2D eigenvalue weighted by Gasteiger charge is -2.25. The second-order valence-electron chi connectivity index (χ2n) is 8.85. The molecule has 0 aliphatic heterocycles. The van der Waals surface area contributed by atoms with Crippen molar-refractivity contribution >= 4 is 58.3 Å². The van der Waals surface area contributed by atoms with E-state index in [1.807, 2.05) is 88.7 Å². The van der Waals surface area contributed by atoms with Gasteiger partial charge in [0.25, 0.3) is 0 Å². The van der Waals surface area contributed by atoms with Crippen molar-refractivity contribution in [1.29, 1.82) is 0 Å². The maximum absolute atomic E-state index is 6.12. The molecule has 0 saturated heterocycles. The molecule has 8 nitrogen and oxygen atoms in total. The highest BCUT2D eigenvalue weighted by Gasteiger charge is 2.17. The zero-order chi connectivity index (χ0) is 27.9. The predicted octanol–water partition coefficient (Wildman–Crippen LogP) is 7.08. The number of halogens is 4. The van der Waals surface area contributed by atoms with Gasteiger partial charge >= 0.3 is 0 Å². The highest BCUT2D eigenvalue weighted by molar-refractivity contribution is 6.31. The molecule has 0 aliphatic carbocycles. The quantitative estimate of drug-likeness (QED) is 0.166. The molecule has 5 aromatic rings. The molecular weight excluding hydrogens is 590 g/mol. The summed E-state index contributed by atoms with van der Waals surface area (Å²) in [6, 6.07) is 28.3. The lowest BCUT2D eigenvalue weighted by Crippen LogP contribution is -2.26. The van der Waals surface area contributed by atoms with Crippen LogP contribution >= 0.6 is 46.4 Å². The Morgan fingerprint density at radius 1 is 0.400 bits per heavy atom. The van der Waals surface area contributed by atoms with Crippen LogP contribution in [-0.4, -0.2) is 29.9 Å². The molecule has 0 saturated carbocycles. The van der Waals surface area contributed by atoms with E-state index in [1.54, 1.807) is 0 Å². The molecule has 0 bridgehead atoms. The Labute approximate surface area is 251 Å². The predicted molar refractivity (Wildman–Crippen MR) is 159 cm³/mol. The third-order valence-electron chi connectivity index (χ3n) is 5.87. The summed E-state index contributed by atoms with van der Waals surface area (Å²) in [5, 5.41) is 0.141. The van der Waals surface area contributed by atoms with Crippen LogP contribution in [0.25, 0.3) is 0 Å². The molecule has 0 fully saturated rings. The fourth-order valence-electron chi connectivity index (χ4n) is 4.18. The molecule has 0 amide bonds. The van der Waals surface area contributed by atoms with Crippen molar-refractivity contribution in [1.82, 2.24) is 29.9 Å². The molecule has 0 aliphatic rings. The first-order chi connectivity index (χ1) is 19.4. The average molecular weight is 612 g/mol. The van der Waals surface area contributed by atoms with E-state index in [1.165, 1.54) is 0 Å². The summed E-state index contributed by atoms with van der Waals surface area (Å²) in [7, 11) is 0. The first-order valence-electron chi connectivity index (χ1n) is 12.2. The summed E-state index contributed by atoms with van der Waals surface area (Å²) in [4.78, 5) is 29.1. The van der Waals surface area contributed by atoms with E-state index in [9.17, 15) is 0 Å². The lowest BCUT2D eigenvalue weighted by molar-refractivity contribution is 0.745. The van der Waals surface area contributed by atoms with E-state index < -0.39 is 0 Å². The van der Waals surface area contributed by atoms with Gasteiger partial charge < -0.3 is 9.80 Å². The molecule has 202 valence electrons. The largest absolute Gasteiger partial charge is 0.332 e. The molecule has 0 radical (unpaired) electrons. The van der Waals surface area contributed by atoms with Crippen LogP contribution in [0.4, 0.5) is 11.9 Å². The molecule has 0 atom stereocenters. The van der Waals surface area contributed by atoms with E-state index in [4.69, 9.17) is 46.4 Å². The maximum atomic E-state index is 6.12. The number of rotatable bonds is 10. The van der Waals surface area contributed by atoms with Gasteiger partial charge in [0, 0.05) is 26.2 Å². The van der Waals surface area contributed by atoms with Crippen molar-refractivity contribution in [3.8, 4) is 0 Å². The molecule has 0 unspecified atom stereocenters. The molecule has 5 rings (SSSR count). The number of hydrogen-bond donors (Lipinski definition) is 0. The molecule has 0 N–H and O–H groups in total. The van der Waals surface area contributed by atoms with Gasteiger partial charge in [-0.3, -0.25) is 0 Å². The smallest absolute Gasteiger partial charge is 0.231 e. The van der Waals surface area contributed by atoms with Gasteiger partial charge in [0.15, 0.2) is 0 Å². The molecule has 12 heteroatoms. The number of benzene rings is 3. The van der Waals surface area contributed by atoms with Crippen molar-refractivity contribution in [2.75, 3.05) is 9.80 Å². The summed E-state index contributed by atoms with van der Waals surface area (Å²) >= 11 is 24.5. The second-order valence-corrected chi connectivity index (χ2v) is 10.2. The minimum atomic E-state index is 0.0352. The van der Waals surface area contributed by atoms with E-state index in [0.717, 1.165) is 22.3 Å². The number of anilines is 2. The summed E-state index contributed by atoms with van der Waals surface area (Å²) in [6.07, 6.45) is 0. The number of nitrogens with zero attached hydrogens (tertiary/aromatic N) is 8. The van der Waals surface area contributed by atoms with Crippen molar-refractivity contribution in [3.63, 3.8) is 0 Å². The zero-order valence-corrected chi connectivity index (χ0v) is 24.0. The Morgan fingerprint density at radius 2 is 0.725 bits per heavy atom. The SMILES string of the molecule is Clc1nc(Cl)nc(N(Cc2ccccc2)Cc2cccc(CN(Cc3ccccc3)c3nc(Cl)nc(Cl)n3)c2)n1. The summed E-state index contributed by atoms with van der Waals surface area (Å²) in [6.45, 7) is 2.09. The highest BCUT2D eigenvalue weighted by atomic mass is 35.5. The summed E-state index contributed by atoms with van der Waals surface area (Å²) in [5.74, 6) is 0.777. The van der Waals surface area contributed by atoms with Gasteiger partial charge in [0.1, 0.15) is 0 Å². The fourth-order valence-corrected chi connectivity index (χ4v) is 4.89. The molecular formula is C28H22Cl4N8. The Kier molecular flexibility index (Phi) is 9.23. The topological polar surface area (TPSA) is 83.8 Å². The van der Waals surface area contributed by atoms with Crippen LogP contribution in [0, 0.1) is 0 Å². The van der Waals surface area contributed by atoms with Crippen LogP contribution < -0.4 is 9.80 Å². The van der Waals surface area contributed by atoms with Gasteiger partial charge in [-0.1, -0.05) is 84.9 Å². The molecule has 2 heterocycles. The Balaban J connectivity index is 1.43. The van der Waals surface area contributed by atoms with Crippen LogP contribution in [0.2, 0.25) is 21.1 Å². The maximum Gasteiger partial charge on any atom is 0.231 e. The summed E-state index contributed by atoms with van der Waals surface area (Å²) in [5.41, 5.74) is 4.24. The Bertz CT molecular complexity index is 1420. The van der Waals surface area contributed by atoms with Crippen LogP contribution in [0.5, 0.6) is 0 Å². The number of hydrogen-bond acceptors (Lipinski definition) is 8. The standard InChI is InChI=1S/C28H22Cl4N8/c29-23-33-24(30)36-27(35-23)39(15-19-8-3-1-4-9-19)17-21-12-7-13-22(14-21)18-40(16-20-10-5-2-6-11-20)28-37-25(31)34-26(32)38-28/h1-14H,15-18H2. The van der Waals surface area contributed by atoms with Gasteiger partial charge in [-0.25, -0.2) is 0 Å². The van der Waals surface area contributed by atoms with Crippen molar-refractivity contribution in [2.24, 2.45) is 0 Å². The minimum absolute atomic E-state index is 0.0352. The van der Waals surface area contributed by atoms with Gasteiger partial charge in [0.05, 0.1) is 0 Å². The first-order valence-corrected chi connectivity index (χ1v) is 13.7. The summed E-state index contributed by atoms with van der Waals surface area (Å²) < 4.78 is 0. The van der Waals surface area contributed by atoms with E-state index in [-0.39, 0.29) is 21.1 Å². The average Bonchev–Trinajstić information content (AvgIpc) is 2.93. The fraction of sp³-hybridized carbons (Fsp3) is 0.143. The normalized spacial score (nSPS) is 10.9. The van der Waals surface area contributed by atoms with Crippen LogP contribution in [0.3, 0.4) is 0 Å². The molecule has 3 aromatic carbocycles. The van der Waals surface area contributed by atoms with Crippen molar-refractivity contribution in [2.45, 2.75) is 26.2 Å². The second kappa shape index (κ2) is 13.2. The Hall–Kier alpha value is -3.56. The third kappa shape index (κ3) is 7.76. The first kappa shape index (κ1) is 28.0.